The Balaban J connectivity index is 2.40. The van der Waals surface area contributed by atoms with Crippen molar-refractivity contribution in [3.63, 3.8) is 0 Å². The van der Waals surface area contributed by atoms with Crippen LogP contribution in [-0.2, 0) is 17.8 Å². The monoisotopic (exact) mass is 252 g/mol. The van der Waals surface area contributed by atoms with Crippen molar-refractivity contribution in [2.75, 3.05) is 11.9 Å². The molecular weight excluding hydrogens is 240 g/mol. The van der Waals surface area contributed by atoms with Gasteiger partial charge in [0.2, 0.25) is 5.91 Å². The summed E-state index contributed by atoms with van der Waals surface area (Å²) in [5, 5.41) is 2.32. The summed E-state index contributed by atoms with van der Waals surface area (Å²) in [5.41, 5.74) is 2.73. The second-order valence-electron chi connectivity index (χ2n) is 3.98. The summed E-state index contributed by atoms with van der Waals surface area (Å²) in [4.78, 5) is 23.9. The summed E-state index contributed by atoms with van der Waals surface area (Å²) < 4.78 is 0. The molecule has 1 heterocycles. The van der Waals surface area contributed by atoms with Crippen molar-refractivity contribution < 1.29 is 9.59 Å². The zero-order valence-electron chi connectivity index (χ0n) is 9.50. The molecule has 0 bridgehead atoms. The van der Waals surface area contributed by atoms with E-state index in [2.05, 4.69) is 5.32 Å². The van der Waals surface area contributed by atoms with Crippen molar-refractivity contribution in [1.82, 2.24) is 5.32 Å². The van der Waals surface area contributed by atoms with Gasteiger partial charge in [0, 0.05) is 13.0 Å². The molecule has 0 saturated heterocycles. The molecule has 1 aromatic rings. The van der Waals surface area contributed by atoms with Crippen molar-refractivity contribution in [3.8, 4) is 0 Å². The van der Waals surface area contributed by atoms with Gasteiger partial charge in [-0.25, -0.2) is 4.90 Å². The van der Waals surface area contributed by atoms with E-state index in [1.165, 1.54) is 0 Å². The van der Waals surface area contributed by atoms with Gasteiger partial charge >= 0.3 is 5.37 Å². The maximum atomic E-state index is 11.6. The number of carbonyl (C=O) groups is 2. The van der Waals surface area contributed by atoms with E-state index in [4.69, 9.17) is 11.6 Å². The number of carbonyl (C=O) groups excluding carboxylic acids is 2. The molecule has 0 radical (unpaired) electrons. The van der Waals surface area contributed by atoms with E-state index >= 15 is 0 Å². The number of aryl methyl sites for hydroxylation is 1. The van der Waals surface area contributed by atoms with E-state index in [-0.39, 0.29) is 5.91 Å². The van der Waals surface area contributed by atoms with Gasteiger partial charge in [-0.15, -0.1) is 0 Å². The standard InChI is InChI=1S/C12H13ClN2O2/c1-14-7-8-2-4-10-9(6-8)3-5-11(16)15(10)12(13)17/h2,4,6,14H,3,5,7H2,1H3. The third-order valence-corrected chi connectivity index (χ3v) is 2.97. The first kappa shape index (κ1) is 12.1. The molecule has 1 N–H and O–H groups in total. The lowest BCUT2D eigenvalue weighted by Crippen LogP contribution is -2.37. The summed E-state index contributed by atoms with van der Waals surface area (Å²) >= 11 is 5.43. The van der Waals surface area contributed by atoms with Gasteiger partial charge in [0.25, 0.3) is 0 Å². The number of amides is 2. The molecule has 2 rings (SSSR count). The van der Waals surface area contributed by atoms with E-state index < -0.39 is 5.37 Å². The normalized spacial score (nSPS) is 14.7. The number of hydrogen-bond donors (Lipinski definition) is 1. The summed E-state index contributed by atoms with van der Waals surface area (Å²) in [6.45, 7) is 0.760. The molecule has 0 aromatic heterocycles. The van der Waals surface area contributed by atoms with Gasteiger partial charge in [-0.1, -0.05) is 12.1 Å². The minimum atomic E-state index is -0.739. The Morgan fingerprint density at radius 3 is 2.88 bits per heavy atom. The molecular formula is C12H13ClN2O2. The molecule has 0 unspecified atom stereocenters. The second kappa shape index (κ2) is 4.85. The Morgan fingerprint density at radius 2 is 2.24 bits per heavy atom. The van der Waals surface area contributed by atoms with Crippen LogP contribution in [0.25, 0.3) is 0 Å². The van der Waals surface area contributed by atoms with Crippen molar-refractivity contribution in [3.05, 3.63) is 29.3 Å². The van der Waals surface area contributed by atoms with E-state index in [0.29, 0.717) is 18.5 Å². The highest BCUT2D eigenvalue weighted by Crippen LogP contribution is 2.29. The first-order valence-corrected chi connectivity index (χ1v) is 5.80. The quantitative estimate of drug-likeness (QED) is 0.647. The maximum Gasteiger partial charge on any atom is 0.327 e. The van der Waals surface area contributed by atoms with Crippen LogP contribution in [0.4, 0.5) is 10.5 Å². The van der Waals surface area contributed by atoms with E-state index in [9.17, 15) is 9.59 Å². The van der Waals surface area contributed by atoms with Crippen molar-refractivity contribution in [2.45, 2.75) is 19.4 Å². The van der Waals surface area contributed by atoms with Crippen molar-refractivity contribution >= 4 is 28.6 Å². The third-order valence-electron chi connectivity index (χ3n) is 2.80. The summed E-state index contributed by atoms with van der Waals surface area (Å²) in [7, 11) is 1.87. The maximum absolute atomic E-state index is 11.6. The molecule has 90 valence electrons. The predicted octanol–water partition coefficient (Wildman–Crippen LogP) is 2.04. The largest absolute Gasteiger partial charge is 0.327 e. The summed E-state index contributed by atoms with van der Waals surface area (Å²) in [5.74, 6) is -0.237. The minimum Gasteiger partial charge on any atom is -0.316 e. The Bertz CT molecular complexity index is 474. The summed E-state index contributed by atoms with van der Waals surface area (Å²) in [6, 6.07) is 5.67. The Kier molecular flexibility index (Phi) is 3.45. The molecule has 5 heteroatoms. The van der Waals surface area contributed by atoms with Crippen molar-refractivity contribution in [1.29, 1.82) is 0 Å². The number of hydrogen-bond acceptors (Lipinski definition) is 3. The van der Waals surface area contributed by atoms with E-state index in [0.717, 1.165) is 22.6 Å². The van der Waals surface area contributed by atoms with Gasteiger partial charge in [0.1, 0.15) is 0 Å². The Hall–Kier alpha value is -1.39. The SMILES string of the molecule is CNCc1ccc2c(c1)CCC(=O)N2C(=O)Cl. The number of rotatable bonds is 2. The van der Waals surface area contributed by atoms with Gasteiger partial charge in [-0.05, 0) is 42.3 Å². The highest BCUT2D eigenvalue weighted by Gasteiger charge is 2.28. The van der Waals surface area contributed by atoms with Gasteiger partial charge in [0.15, 0.2) is 0 Å². The third kappa shape index (κ3) is 2.33. The molecule has 1 aliphatic heterocycles. The van der Waals surface area contributed by atoms with Crippen LogP contribution in [-0.4, -0.2) is 18.3 Å². The van der Waals surface area contributed by atoms with Gasteiger partial charge in [-0.2, -0.15) is 0 Å². The van der Waals surface area contributed by atoms with Crippen LogP contribution in [0.15, 0.2) is 18.2 Å². The summed E-state index contributed by atoms with van der Waals surface area (Å²) in [6.07, 6.45) is 0.987. The van der Waals surface area contributed by atoms with Crippen LogP contribution in [0.2, 0.25) is 0 Å². The number of benzene rings is 1. The fraction of sp³-hybridized carbons (Fsp3) is 0.333. The first-order valence-electron chi connectivity index (χ1n) is 5.42. The molecule has 0 spiro atoms. The lowest BCUT2D eigenvalue weighted by atomic mass is 9.99. The van der Waals surface area contributed by atoms with Crippen LogP contribution in [0.5, 0.6) is 0 Å². The average molecular weight is 253 g/mol. The number of imide groups is 1. The van der Waals surface area contributed by atoms with Crippen LogP contribution in [0.1, 0.15) is 17.5 Å². The van der Waals surface area contributed by atoms with E-state index in [1.807, 2.05) is 19.2 Å². The molecule has 17 heavy (non-hydrogen) atoms. The second-order valence-corrected chi connectivity index (χ2v) is 4.30. The highest BCUT2D eigenvalue weighted by atomic mass is 35.5. The number of halogens is 1. The topological polar surface area (TPSA) is 49.4 Å². The number of nitrogens with zero attached hydrogens (tertiary/aromatic N) is 1. The predicted molar refractivity (Wildman–Crippen MR) is 66.3 cm³/mol. The average Bonchev–Trinajstić information content (AvgIpc) is 2.29. The molecule has 4 nitrogen and oxygen atoms in total. The smallest absolute Gasteiger partial charge is 0.316 e. The molecule has 0 saturated carbocycles. The fourth-order valence-electron chi connectivity index (χ4n) is 2.05. The molecule has 1 aromatic carbocycles. The van der Waals surface area contributed by atoms with Gasteiger partial charge in [-0.3, -0.25) is 9.59 Å². The van der Waals surface area contributed by atoms with Crippen LogP contribution in [0, 0.1) is 0 Å². The number of fused-ring (bicyclic) bond motifs is 1. The Labute approximate surface area is 105 Å². The van der Waals surface area contributed by atoms with Crippen LogP contribution < -0.4 is 10.2 Å². The fourth-order valence-corrected chi connectivity index (χ4v) is 2.24. The zero-order chi connectivity index (χ0) is 12.4. The Morgan fingerprint density at radius 1 is 1.47 bits per heavy atom. The molecule has 0 aliphatic carbocycles. The lowest BCUT2D eigenvalue weighted by Gasteiger charge is -2.26. The lowest BCUT2D eigenvalue weighted by molar-refractivity contribution is -0.118. The molecule has 0 atom stereocenters. The van der Waals surface area contributed by atoms with Gasteiger partial charge < -0.3 is 5.32 Å². The van der Waals surface area contributed by atoms with Gasteiger partial charge in [0.05, 0.1) is 5.69 Å². The molecule has 2 amide bonds. The molecule has 0 fully saturated rings. The van der Waals surface area contributed by atoms with E-state index in [1.54, 1.807) is 6.07 Å². The van der Waals surface area contributed by atoms with Crippen molar-refractivity contribution in [2.24, 2.45) is 0 Å². The first-order chi connectivity index (χ1) is 8.13. The number of nitrogens with one attached hydrogen (secondary N) is 1. The molecule has 1 aliphatic rings. The minimum absolute atomic E-state index is 0.237. The van der Waals surface area contributed by atoms with Crippen LogP contribution in [0.3, 0.4) is 0 Å². The van der Waals surface area contributed by atoms with Crippen LogP contribution >= 0.6 is 11.6 Å². The number of anilines is 1. The zero-order valence-corrected chi connectivity index (χ0v) is 10.3. The highest BCUT2D eigenvalue weighted by molar-refractivity contribution is 6.68.